The first-order valence-corrected chi connectivity index (χ1v) is 6.32. The molecule has 0 N–H and O–H groups in total. The summed E-state index contributed by atoms with van der Waals surface area (Å²) in [6, 6.07) is 7.39. The summed E-state index contributed by atoms with van der Waals surface area (Å²) >= 11 is 0. The van der Waals surface area contributed by atoms with Gasteiger partial charge in [0.2, 0.25) is 0 Å². The van der Waals surface area contributed by atoms with E-state index >= 15 is 0 Å². The summed E-state index contributed by atoms with van der Waals surface area (Å²) in [7, 11) is 3.17. The number of para-hydroxylation sites is 1. The minimum atomic E-state index is 0.00496. The number of methoxy groups -OCH3 is 2. The van der Waals surface area contributed by atoms with Gasteiger partial charge in [0.05, 0.1) is 14.2 Å². The average molecular weight is 275 g/mol. The van der Waals surface area contributed by atoms with Crippen LogP contribution in [-0.4, -0.2) is 25.7 Å². The zero-order chi connectivity index (χ0) is 14.5. The first kappa shape index (κ1) is 14.1. The van der Waals surface area contributed by atoms with E-state index in [0.29, 0.717) is 29.4 Å². The van der Waals surface area contributed by atoms with E-state index in [1.165, 1.54) is 0 Å². The van der Waals surface area contributed by atoms with Crippen molar-refractivity contribution in [1.82, 2.24) is 5.16 Å². The third-order valence-electron chi connectivity index (χ3n) is 3.14. The first-order valence-electron chi connectivity index (χ1n) is 6.32. The van der Waals surface area contributed by atoms with Crippen molar-refractivity contribution in [1.29, 1.82) is 0 Å². The highest BCUT2D eigenvalue weighted by molar-refractivity contribution is 5.71. The van der Waals surface area contributed by atoms with Gasteiger partial charge < -0.3 is 18.8 Å². The molecule has 1 heterocycles. The molecule has 1 atom stereocenters. The third-order valence-corrected chi connectivity index (χ3v) is 3.14. The smallest absolute Gasteiger partial charge is 0.170 e. The van der Waals surface area contributed by atoms with Crippen LogP contribution < -0.4 is 9.47 Å². The highest BCUT2D eigenvalue weighted by Crippen LogP contribution is 2.38. The van der Waals surface area contributed by atoms with Crippen molar-refractivity contribution in [2.75, 3.05) is 14.2 Å². The Balaban J connectivity index is 2.39. The zero-order valence-electron chi connectivity index (χ0n) is 11.8. The van der Waals surface area contributed by atoms with E-state index in [4.69, 9.17) is 14.0 Å². The molecule has 0 aliphatic rings. The molecular weight excluding hydrogens is 258 g/mol. The van der Waals surface area contributed by atoms with Crippen molar-refractivity contribution < 1.29 is 18.8 Å². The lowest BCUT2D eigenvalue weighted by Crippen LogP contribution is -1.93. The molecule has 1 aromatic carbocycles. The van der Waals surface area contributed by atoms with E-state index in [1.807, 2.05) is 31.2 Å². The van der Waals surface area contributed by atoms with Crippen LogP contribution in [0.4, 0.5) is 0 Å². The Hall–Kier alpha value is -2.30. The van der Waals surface area contributed by atoms with Crippen LogP contribution >= 0.6 is 0 Å². The maximum absolute atomic E-state index is 10.6. The Labute approximate surface area is 117 Å². The van der Waals surface area contributed by atoms with Crippen molar-refractivity contribution in [3.63, 3.8) is 0 Å². The van der Waals surface area contributed by atoms with Crippen molar-refractivity contribution >= 4 is 6.29 Å². The van der Waals surface area contributed by atoms with Gasteiger partial charge in [-0.1, -0.05) is 18.1 Å². The lowest BCUT2D eigenvalue weighted by atomic mass is 10.0. The molecule has 0 spiro atoms. The number of carbonyl (C=O) groups is 1. The molecule has 0 aliphatic heterocycles. The van der Waals surface area contributed by atoms with Crippen LogP contribution in [0.25, 0.3) is 11.3 Å². The van der Waals surface area contributed by atoms with Crippen LogP contribution in [0, 0.1) is 0 Å². The number of nitrogens with zero attached hydrogens (tertiary/aromatic N) is 1. The maximum Gasteiger partial charge on any atom is 0.170 e. The number of aldehydes is 1. The maximum atomic E-state index is 10.6. The molecule has 0 bridgehead atoms. The fraction of sp³-hybridized carbons (Fsp3) is 0.333. The molecule has 0 radical (unpaired) electrons. The Kier molecular flexibility index (Phi) is 4.40. The Morgan fingerprint density at radius 1 is 1.35 bits per heavy atom. The van der Waals surface area contributed by atoms with Gasteiger partial charge in [0, 0.05) is 24.0 Å². The third kappa shape index (κ3) is 2.66. The quantitative estimate of drug-likeness (QED) is 0.758. The van der Waals surface area contributed by atoms with E-state index in [-0.39, 0.29) is 5.92 Å². The number of hydrogen-bond acceptors (Lipinski definition) is 5. The number of hydrogen-bond donors (Lipinski definition) is 0. The molecular formula is C15H17NO4. The highest BCUT2D eigenvalue weighted by Gasteiger charge is 2.17. The largest absolute Gasteiger partial charge is 0.493 e. The molecule has 1 unspecified atom stereocenters. The van der Waals surface area contributed by atoms with E-state index in [0.717, 1.165) is 11.8 Å². The van der Waals surface area contributed by atoms with Gasteiger partial charge in [-0.05, 0) is 12.1 Å². The SMILES string of the molecule is COc1cccc(-c2cc(C(C)CC=O)on2)c1OC. The summed E-state index contributed by atoms with van der Waals surface area (Å²) in [6.45, 7) is 1.92. The summed E-state index contributed by atoms with van der Waals surface area (Å²) in [5.74, 6) is 1.93. The first-order chi connectivity index (χ1) is 9.71. The average Bonchev–Trinajstić information content (AvgIpc) is 2.96. The molecule has 2 aromatic rings. The van der Waals surface area contributed by atoms with Gasteiger partial charge in [0.25, 0.3) is 0 Å². The Bertz CT molecular complexity index is 591. The molecule has 1 aromatic heterocycles. The van der Waals surface area contributed by atoms with Crippen LogP contribution in [0.2, 0.25) is 0 Å². The molecule has 0 saturated heterocycles. The molecule has 5 heteroatoms. The summed E-state index contributed by atoms with van der Waals surface area (Å²) < 4.78 is 15.9. The standard InChI is InChI=1S/C15H17NO4/c1-10(7-8-17)14-9-12(16-20-14)11-5-4-6-13(18-2)15(11)19-3/h4-6,8-10H,7H2,1-3H3. The molecule has 5 nitrogen and oxygen atoms in total. The topological polar surface area (TPSA) is 61.6 Å². The van der Waals surface area contributed by atoms with Gasteiger partial charge in [0.1, 0.15) is 17.7 Å². The van der Waals surface area contributed by atoms with Crippen molar-refractivity contribution in [2.45, 2.75) is 19.3 Å². The monoisotopic (exact) mass is 275 g/mol. The molecule has 0 amide bonds. The van der Waals surface area contributed by atoms with Crippen LogP contribution in [0.15, 0.2) is 28.8 Å². The summed E-state index contributed by atoms with van der Waals surface area (Å²) in [4.78, 5) is 10.6. The molecule has 0 fully saturated rings. The second-order valence-corrected chi connectivity index (χ2v) is 4.46. The second-order valence-electron chi connectivity index (χ2n) is 4.46. The van der Waals surface area contributed by atoms with Gasteiger partial charge in [-0.3, -0.25) is 0 Å². The number of rotatable bonds is 6. The minimum absolute atomic E-state index is 0.00496. The van der Waals surface area contributed by atoms with Crippen LogP contribution in [0.1, 0.15) is 25.0 Å². The van der Waals surface area contributed by atoms with E-state index in [2.05, 4.69) is 5.16 Å². The normalized spacial score (nSPS) is 11.9. The van der Waals surface area contributed by atoms with Crippen LogP contribution in [0.5, 0.6) is 11.5 Å². The molecule has 0 saturated carbocycles. The van der Waals surface area contributed by atoms with Crippen LogP contribution in [-0.2, 0) is 4.79 Å². The van der Waals surface area contributed by atoms with Gasteiger partial charge in [-0.25, -0.2) is 0 Å². The molecule has 20 heavy (non-hydrogen) atoms. The predicted octanol–water partition coefficient (Wildman–Crippen LogP) is 3.05. The highest BCUT2D eigenvalue weighted by atomic mass is 16.5. The van der Waals surface area contributed by atoms with Gasteiger partial charge in [-0.15, -0.1) is 0 Å². The summed E-state index contributed by atoms with van der Waals surface area (Å²) in [5, 5.41) is 4.05. The van der Waals surface area contributed by atoms with Crippen molar-refractivity contribution in [2.24, 2.45) is 0 Å². The van der Waals surface area contributed by atoms with Crippen LogP contribution in [0.3, 0.4) is 0 Å². The minimum Gasteiger partial charge on any atom is -0.493 e. The zero-order valence-corrected chi connectivity index (χ0v) is 11.8. The van der Waals surface area contributed by atoms with Crippen molar-refractivity contribution in [3.8, 4) is 22.8 Å². The van der Waals surface area contributed by atoms with E-state index in [1.54, 1.807) is 14.2 Å². The Morgan fingerprint density at radius 3 is 2.80 bits per heavy atom. The number of aromatic nitrogens is 1. The second kappa shape index (κ2) is 6.23. The molecule has 106 valence electrons. The van der Waals surface area contributed by atoms with Crippen molar-refractivity contribution in [3.05, 3.63) is 30.0 Å². The number of ether oxygens (including phenoxy) is 2. The number of carbonyl (C=O) groups excluding carboxylic acids is 1. The lowest BCUT2D eigenvalue weighted by molar-refractivity contribution is -0.108. The van der Waals surface area contributed by atoms with E-state index < -0.39 is 0 Å². The lowest BCUT2D eigenvalue weighted by Gasteiger charge is -2.10. The predicted molar refractivity (Wildman–Crippen MR) is 74.1 cm³/mol. The summed E-state index contributed by atoms with van der Waals surface area (Å²) in [5.41, 5.74) is 1.45. The van der Waals surface area contributed by atoms with Gasteiger partial charge in [0.15, 0.2) is 11.5 Å². The molecule has 2 rings (SSSR count). The Morgan fingerprint density at radius 2 is 2.15 bits per heavy atom. The van der Waals surface area contributed by atoms with Gasteiger partial charge in [-0.2, -0.15) is 0 Å². The van der Waals surface area contributed by atoms with Gasteiger partial charge >= 0.3 is 0 Å². The fourth-order valence-electron chi connectivity index (χ4n) is 2.00. The van der Waals surface area contributed by atoms with E-state index in [9.17, 15) is 4.79 Å². The number of benzene rings is 1. The summed E-state index contributed by atoms with van der Waals surface area (Å²) in [6.07, 6.45) is 1.28. The molecule has 0 aliphatic carbocycles. The fourth-order valence-corrected chi connectivity index (χ4v) is 2.00.